The fourth-order valence-electron chi connectivity index (χ4n) is 2.80. The first-order valence-electron chi connectivity index (χ1n) is 7.12. The number of nitrogens with zero attached hydrogens (tertiary/aromatic N) is 2. The van der Waals surface area contributed by atoms with Crippen molar-refractivity contribution < 1.29 is 28.3 Å². The molecule has 0 aromatic heterocycles. The molecule has 1 aliphatic heterocycles. The van der Waals surface area contributed by atoms with Gasteiger partial charge in [-0.1, -0.05) is 0 Å². The number of hydrogen-bond acceptors (Lipinski definition) is 5. The van der Waals surface area contributed by atoms with E-state index in [-0.39, 0.29) is 43.9 Å². The lowest BCUT2D eigenvalue weighted by molar-refractivity contribution is -0.384. The van der Waals surface area contributed by atoms with Gasteiger partial charge in [0.05, 0.1) is 11.5 Å². The maximum Gasteiger partial charge on any atom is 0.414 e. The lowest BCUT2D eigenvalue weighted by Gasteiger charge is -2.35. The van der Waals surface area contributed by atoms with Crippen LogP contribution in [0.2, 0.25) is 0 Å². The Morgan fingerprint density at radius 1 is 1.35 bits per heavy atom. The van der Waals surface area contributed by atoms with Crippen LogP contribution in [-0.4, -0.2) is 40.5 Å². The minimum Gasteiger partial charge on any atom is -0.392 e. The van der Waals surface area contributed by atoms with Gasteiger partial charge in [0.2, 0.25) is 0 Å². The van der Waals surface area contributed by atoms with Gasteiger partial charge in [-0.3, -0.25) is 10.1 Å². The Bertz CT molecular complexity index is 572. The molecule has 2 N–H and O–H groups in total. The first-order valence-corrected chi connectivity index (χ1v) is 7.12. The summed E-state index contributed by atoms with van der Waals surface area (Å²) in [5.41, 5.74) is 0.613. The monoisotopic (exact) mass is 334 g/mol. The van der Waals surface area contributed by atoms with Crippen molar-refractivity contribution >= 4 is 11.4 Å². The molecule has 0 bridgehead atoms. The van der Waals surface area contributed by atoms with Gasteiger partial charge in [-0.25, -0.2) is 0 Å². The van der Waals surface area contributed by atoms with Gasteiger partial charge in [0.1, 0.15) is 5.69 Å². The SMILES string of the molecule is O=[N+]([O-])c1ccc(CO)cc1N1CCC(C(O)C(F)(F)F)CC1. The number of aliphatic hydroxyl groups is 2. The number of rotatable bonds is 4. The zero-order valence-corrected chi connectivity index (χ0v) is 12.2. The average molecular weight is 334 g/mol. The second-order valence-corrected chi connectivity index (χ2v) is 5.55. The smallest absolute Gasteiger partial charge is 0.392 e. The van der Waals surface area contributed by atoms with E-state index < -0.39 is 23.1 Å². The molecule has 0 radical (unpaired) electrons. The number of aliphatic hydroxyl groups excluding tert-OH is 2. The van der Waals surface area contributed by atoms with Crippen LogP contribution in [0, 0.1) is 16.0 Å². The summed E-state index contributed by atoms with van der Waals surface area (Å²) in [7, 11) is 0. The van der Waals surface area contributed by atoms with Crippen molar-refractivity contribution in [2.45, 2.75) is 31.7 Å². The van der Waals surface area contributed by atoms with E-state index in [4.69, 9.17) is 5.11 Å². The number of piperidine rings is 1. The van der Waals surface area contributed by atoms with Gasteiger partial charge in [-0.05, 0) is 36.5 Å². The number of nitro groups is 1. The van der Waals surface area contributed by atoms with Gasteiger partial charge >= 0.3 is 6.18 Å². The van der Waals surface area contributed by atoms with Crippen molar-refractivity contribution in [3.8, 4) is 0 Å². The van der Waals surface area contributed by atoms with E-state index in [1.807, 2.05) is 0 Å². The molecular formula is C14H17F3N2O4. The molecule has 0 amide bonds. The Balaban J connectivity index is 2.15. The van der Waals surface area contributed by atoms with Crippen molar-refractivity contribution in [1.29, 1.82) is 0 Å². The zero-order chi connectivity index (χ0) is 17.2. The van der Waals surface area contributed by atoms with E-state index in [9.17, 15) is 28.4 Å². The Morgan fingerprint density at radius 2 is 1.96 bits per heavy atom. The van der Waals surface area contributed by atoms with Crippen LogP contribution in [0.5, 0.6) is 0 Å². The number of hydrogen-bond donors (Lipinski definition) is 2. The average Bonchev–Trinajstić information content (AvgIpc) is 2.52. The number of benzene rings is 1. The van der Waals surface area contributed by atoms with Crippen LogP contribution in [0.4, 0.5) is 24.5 Å². The molecule has 1 aliphatic rings. The van der Waals surface area contributed by atoms with Crippen LogP contribution >= 0.6 is 0 Å². The second-order valence-electron chi connectivity index (χ2n) is 5.55. The Hall–Kier alpha value is -1.87. The topological polar surface area (TPSA) is 86.8 Å². The predicted octanol–water partition coefficient (Wildman–Crippen LogP) is 2.23. The molecule has 0 spiro atoms. The minimum atomic E-state index is -4.66. The van der Waals surface area contributed by atoms with Crippen LogP contribution in [0.3, 0.4) is 0 Å². The highest BCUT2D eigenvalue weighted by Gasteiger charge is 2.44. The summed E-state index contributed by atoms with van der Waals surface area (Å²) < 4.78 is 37.6. The quantitative estimate of drug-likeness (QED) is 0.651. The molecule has 1 aromatic carbocycles. The summed E-state index contributed by atoms with van der Waals surface area (Å²) in [5, 5.41) is 29.6. The van der Waals surface area contributed by atoms with Crippen LogP contribution in [0.1, 0.15) is 18.4 Å². The van der Waals surface area contributed by atoms with E-state index in [0.717, 1.165) is 0 Å². The summed E-state index contributed by atoms with van der Waals surface area (Å²) >= 11 is 0. The molecule has 1 fully saturated rings. The molecule has 0 saturated carbocycles. The van der Waals surface area contributed by atoms with Crippen LogP contribution in [-0.2, 0) is 6.61 Å². The van der Waals surface area contributed by atoms with Gasteiger partial charge in [-0.15, -0.1) is 0 Å². The molecule has 1 atom stereocenters. The molecule has 6 nitrogen and oxygen atoms in total. The van der Waals surface area contributed by atoms with Gasteiger partial charge in [0.25, 0.3) is 5.69 Å². The molecule has 23 heavy (non-hydrogen) atoms. The fourth-order valence-corrected chi connectivity index (χ4v) is 2.80. The molecule has 1 saturated heterocycles. The summed E-state index contributed by atoms with van der Waals surface area (Å²) in [6.07, 6.45) is -6.86. The minimum absolute atomic E-state index is 0.0845. The Labute approximate surface area is 130 Å². The van der Waals surface area contributed by atoms with Crippen molar-refractivity contribution in [1.82, 2.24) is 0 Å². The fraction of sp³-hybridized carbons (Fsp3) is 0.571. The predicted molar refractivity (Wildman–Crippen MR) is 76.0 cm³/mol. The first-order chi connectivity index (χ1) is 10.7. The summed E-state index contributed by atoms with van der Waals surface area (Å²) in [6.45, 7) is 0.0648. The lowest BCUT2D eigenvalue weighted by atomic mass is 9.90. The van der Waals surface area contributed by atoms with E-state index >= 15 is 0 Å². The summed E-state index contributed by atoms with van der Waals surface area (Å²) in [5.74, 6) is -0.911. The van der Waals surface area contributed by atoms with Crippen molar-refractivity contribution in [3.63, 3.8) is 0 Å². The van der Waals surface area contributed by atoms with E-state index in [1.165, 1.54) is 18.2 Å². The van der Waals surface area contributed by atoms with Crippen LogP contribution in [0.15, 0.2) is 18.2 Å². The maximum absolute atomic E-state index is 12.5. The second kappa shape index (κ2) is 6.71. The molecule has 1 heterocycles. The molecule has 2 rings (SSSR count). The molecule has 9 heteroatoms. The molecule has 0 aliphatic carbocycles. The number of halogens is 3. The van der Waals surface area contributed by atoms with Crippen molar-refractivity contribution in [2.75, 3.05) is 18.0 Å². The van der Waals surface area contributed by atoms with Gasteiger partial charge in [0.15, 0.2) is 6.10 Å². The van der Waals surface area contributed by atoms with Gasteiger partial charge < -0.3 is 15.1 Å². The number of anilines is 1. The van der Waals surface area contributed by atoms with Crippen LogP contribution in [0.25, 0.3) is 0 Å². The zero-order valence-electron chi connectivity index (χ0n) is 12.2. The normalized spacial score (nSPS) is 18.0. The van der Waals surface area contributed by atoms with Crippen molar-refractivity contribution in [3.05, 3.63) is 33.9 Å². The number of alkyl halides is 3. The molecule has 128 valence electrons. The Morgan fingerprint density at radius 3 is 2.43 bits per heavy atom. The molecular weight excluding hydrogens is 317 g/mol. The third-order valence-electron chi connectivity index (χ3n) is 4.08. The van der Waals surface area contributed by atoms with Gasteiger partial charge in [-0.2, -0.15) is 13.2 Å². The summed E-state index contributed by atoms with van der Waals surface area (Å²) in [4.78, 5) is 12.2. The van der Waals surface area contributed by atoms with Gasteiger partial charge in [0, 0.05) is 19.2 Å². The lowest BCUT2D eigenvalue weighted by Crippen LogP contribution is -2.43. The van der Waals surface area contributed by atoms with Crippen molar-refractivity contribution in [2.24, 2.45) is 5.92 Å². The standard InChI is InChI=1S/C14H17F3N2O4/c15-14(16,17)13(21)10-3-5-18(6-4-10)12-7-9(8-20)1-2-11(12)19(22)23/h1-2,7,10,13,20-21H,3-6,8H2. The largest absolute Gasteiger partial charge is 0.414 e. The third kappa shape index (κ3) is 3.91. The van der Waals surface area contributed by atoms with E-state index in [2.05, 4.69) is 0 Å². The highest BCUT2D eigenvalue weighted by Crippen LogP contribution is 2.36. The first kappa shape index (κ1) is 17.5. The maximum atomic E-state index is 12.5. The molecule has 1 unspecified atom stereocenters. The number of nitro benzene ring substituents is 1. The van der Waals surface area contributed by atoms with Crippen LogP contribution < -0.4 is 4.90 Å². The van der Waals surface area contributed by atoms with E-state index in [0.29, 0.717) is 5.56 Å². The van der Waals surface area contributed by atoms with E-state index in [1.54, 1.807) is 4.90 Å². The highest BCUT2D eigenvalue weighted by molar-refractivity contribution is 5.64. The highest BCUT2D eigenvalue weighted by atomic mass is 19.4. The molecule has 1 aromatic rings. The Kier molecular flexibility index (Phi) is 5.10. The third-order valence-corrected chi connectivity index (χ3v) is 4.08. The summed E-state index contributed by atoms with van der Waals surface area (Å²) in [6, 6.07) is 4.18.